The maximum Gasteiger partial charge on any atom is 0.159 e. The van der Waals surface area contributed by atoms with Gasteiger partial charge in [-0.05, 0) is 59.5 Å². The first-order valence-corrected chi connectivity index (χ1v) is 10.6. The number of aromatic nitrogens is 6. The average molecular weight is 416 g/mol. The first-order chi connectivity index (χ1) is 15.8. The van der Waals surface area contributed by atoms with E-state index in [4.69, 9.17) is 4.98 Å². The number of nitrogens with one attached hydrogen (secondary N) is 2. The van der Waals surface area contributed by atoms with Crippen molar-refractivity contribution in [3.63, 3.8) is 0 Å². The summed E-state index contributed by atoms with van der Waals surface area (Å²) in [5, 5.41) is 8.73. The topological polar surface area (TPSA) is 83.1 Å². The fourth-order valence-corrected chi connectivity index (χ4v) is 4.32. The molecule has 0 aliphatic rings. The van der Waals surface area contributed by atoms with Crippen LogP contribution in [0.5, 0.6) is 0 Å². The minimum absolute atomic E-state index is 0.758. The number of hydrogen-bond donors (Lipinski definition) is 2. The standard InChI is InChI=1S/C26H20N6/c1-2-18-20(16-9-11-27-12-10-16)14-28-15-21(18)17-7-8-22-19(13-17)25(32-31-22)26-29-23-5-3-4-6-24(23)30-26/h3-15H,2H2,1H3,(H,29,30)(H,31,32). The van der Waals surface area contributed by atoms with Crippen LogP contribution in [0, 0.1) is 0 Å². The molecular formula is C26H20N6. The molecule has 6 heteroatoms. The number of para-hydroxylation sites is 2. The van der Waals surface area contributed by atoms with Crippen LogP contribution in [0.15, 0.2) is 79.4 Å². The van der Waals surface area contributed by atoms with Gasteiger partial charge in [0.15, 0.2) is 5.82 Å². The predicted octanol–water partition coefficient (Wildman–Crippen LogP) is 5.79. The molecule has 4 aromatic heterocycles. The SMILES string of the molecule is CCc1c(-c2ccncc2)cncc1-c1ccc2[nH]nc(-c3nc4ccccc4[nH]3)c2c1. The van der Waals surface area contributed by atoms with Gasteiger partial charge in [0.05, 0.1) is 16.6 Å². The third-order valence-corrected chi connectivity index (χ3v) is 5.89. The smallest absolute Gasteiger partial charge is 0.159 e. The van der Waals surface area contributed by atoms with Crippen LogP contribution in [0.3, 0.4) is 0 Å². The second kappa shape index (κ2) is 7.42. The van der Waals surface area contributed by atoms with Crippen LogP contribution in [0.25, 0.3) is 55.7 Å². The van der Waals surface area contributed by atoms with Crippen molar-refractivity contribution in [2.75, 3.05) is 0 Å². The molecule has 0 saturated heterocycles. The third kappa shape index (κ3) is 2.96. The molecule has 2 aromatic carbocycles. The molecule has 0 saturated carbocycles. The minimum atomic E-state index is 0.758. The molecule has 0 bridgehead atoms. The van der Waals surface area contributed by atoms with E-state index in [0.29, 0.717) is 0 Å². The Hall–Kier alpha value is -4.32. The van der Waals surface area contributed by atoms with Gasteiger partial charge in [0.25, 0.3) is 0 Å². The molecule has 4 heterocycles. The third-order valence-electron chi connectivity index (χ3n) is 5.89. The van der Waals surface area contributed by atoms with Crippen LogP contribution >= 0.6 is 0 Å². The van der Waals surface area contributed by atoms with Crippen LogP contribution in [0.4, 0.5) is 0 Å². The molecule has 2 N–H and O–H groups in total. The Balaban J connectivity index is 1.52. The molecule has 0 aliphatic heterocycles. The maximum atomic E-state index is 4.74. The highest BCUT2D eigenvalue weighted by atomic mass is 15.1. The molecule has 0 fully saturated rings. The summed E-state index contributed by atoms with van der Waals surface area (Å²) in [7, 11) is 0. The normalized spacial score (nSPS) is 11.4. The lowest BCUT2D eigenvalue weighted by atomic mass is 9.92. The molecule has 6 rings (SSSR count). The summed E-state index contributed by atoms with van der Waals surface area (Å²) < 4.78 is 0. The van der Waals surface area contributed by atoms with Crippen molar-refractivity contribution >= 4 is 21.9 Å². The Morgan fingerprint density at radius 2 is 1.62 bits per heavy atom. The van der Waals surface area contributed by atoms with Gasteiger partial charge in [0.2, 0.25) is 0 Å². The number of hydrogen-bond acceptors (Lipinski definition) is 4. The highest BCUT2D eigenvalue weighted by Crippen LogP contribution is 2.35. The van der Waals surface area contributed by atoms with E-state index in [0.717, 1.165) is 62.1 Å². The Labute approximate surface area is 184 Å². The van der Waals surface area contributed by atoms with E-state index in [2.05, 4.69) is 50.3 Å². The molecule has 6 nitrogen and oxygen atoms in total. The number of benzene rings is 2. The number of imidazole rings is 1. The van der Waals surface area contributed by atoms with Gasteiger partial charge in [-0.15, -0.1) is 0 Å². The Bertz CT molecular complexity index is 1530. The van der Waals surface area contributed by atoms with E-state index in [1.54, 1.807) is 0 Å². The molecule has 0 unspecified atom stereocenters. The lowest BCUT2D eigenvalue weighted by Crippen LogP contribution is -1.95. The second-order valence-corrected chi connectivity index (χ2v) is 7.74. The molecule has 154 valence electrons. The van der Waals surface area contributed by atoms with Crippen LogP contribution < -0.4 is 0 Å². The summed E-state index contributed by atoms with van der Waals surface area (Å²) in [5.41, 5.74) is 9.47. The maximum absolute atomic E-state index is 4.74. The van der Waals surface area contributed by atoms with Gasteiger partial charge in [-0.25, -0.2) is 4.98 Å². The fraction of sp³-hybridized carbons (Fsp3) is 0.0769. The quantitative estimate of drug-likeness (QED) is 0.381. The van der Waals surface area contributed by atoms with E-state index in [-0.39, 0.29) is 0 Å². The molecule has 0 radical (unpaired) electrons. The number of nitrogens with zero attached hydrogens (tertiary/aromatic N) is 4. The molecule has 32 heavy (non-hydrogen) atoms. The van der Waals surface area contributed by atoms with Crippen molar-refractivity contribution < 1.29 is 0 Å². The largest absolute Gasteiger partial charge is 0.337 e. The Kier molecular flexibility index (Phi) is 4.28. The summed E-state index contributed by atoms with van der Waals surface area (Å²) in [5.74, 6) is 0.758. The highest BCUT2D eigenvalue weighted by Gasteiger charge is 2.16. The molecule has 0 atom stereocenters. The summed E-state index contributed by atoms with van der Waals surface area (Å²) in [6.07, 6.45) is 8.42. The average Bonchev–Trinajstić information content (AvgIpc) is 3.47. The zero-order chi connectivity index (χ0) is 21.5. The van der Waals surface area contributed by atoms with Gasteiger partial charge in [-0.3, -0.25) is 15.1 Å². The number of pyridine rings is 2. The predicted molar refractivity (Wildman–Crippen MR) is 127 cm³/mol. The monoisotopic (exact) mass is 416 g/mol. The van der Waals surface area contributed by atoms with E-state index in [1.807, 2.05) is 61.2 Å². The van der Waals surface area contributed by atoms with Crippen molar-refractivity contribution in [2.45, 2.75) is 13.3 Å². The zero-order valence-corrected chi connectivity index (χ0v) is 17.5. The fourth-order valence-electron chi connectivity index (χ4n) is 4.32. The van der Waals surface area contributed by atoms with Gasteiger partial charge in [0, 0.05) is 41.3 Å². The van der Waals surface area contributed by atoms with Gasteiger partial charge in [-0.1, -0.05) is 25.1 Å². The van der Waals surface area contributed by atoms with Crippen LogP contribution in [-0.2, 0) is 6.42 Å². The van der Waals surface area contributed by atoms with Gasteiger partial charge in [0.1, 0.15) is 5.69 Å². The first-order valence-electron chi connectivity index (χ1n) is 10.6. The lowest BCUT2D eigenvalue weighted by molar-refractivity contribution is 1.11. The van der Waals surface area contributed by atoms with E-state index in [9.17, 15) is 0 Å². The number of aromatic amines is 2. The van der Waals surface area contributed by atoms with Crippen molar-refractivity contribution in [2.24, 2.45) is 0 Å². The van der Waals surface area contributed by atoms with Crippen LogP contribution in [0.1, 0.15) is 12.5 Å². The summed E-state index contributed by atoms with van der Waals surface area (Å²) in [6.45, 7) is 2.18. The van der Waals surface area contributed by atoms with Gasteiger partial charge < -0.3 is 4.98 Å². The first kappa shape index (κ1) is 18.4. The van der Waals surface area contributed by atoms with E-state index in [1.165, 1.54) is 5.56 Å². The van der Waals surface area contributed by atoms with Crippen molar-refractivity contribution in [1.82, 2.24) is 30.1 Å². The number of rotatable bonds is 4. The van der Waals surface area contributed by atoms with Crippen LogP contribution in [0.2, 0.25) is 0 Å². The Morgan fingerprint density at radius 3 is 2.44 bits per heavy atom. The Morgan fingerprint density at radius 1 is 0.812 bits per heavy atom. The number of H-pyrrole nitrogens is 2. The molecular weight excluding hydrogens is 396 g/mol. The van der Waals surface area contributed by atoms with Gasteiger partial charge in [-0.2, -0.15) is 5.10 Å². The van der Waals surface area contributed by atoms with Crippen LogP contribution in [-0.4, -0.2) is 30.1 Å². The molecule has 0 amide bonds. The van der Waals surface area contributed by atoms with Crippen molar-refractivity contribution in [3.8, 4) is 33.8 Å². The molecule has 6 aromatic rings. The minimum Gasteiger partial charge on any atom is -0.337 e. The van der Waals surface area contributed by atoms with Crippen molar-refractivity contribution in [1.29, 1.82) is 0 Å². The van der Waals surface area contributed by atoms with E-state index < -0.39 is 0 Å². The summed E-state index contributed by atoms with van der Waals surface area (Å²) >= 11 is 0. The highest BCUT2D eigenvalue weighted by molar-refractivity contribution is 5.96. The van der Waals surface area contributed by atoms with E-state index >= 15 is 0 Å². The molecule has 0 aliphatic carbocycles. The summed E-state index contributed by atoms with van der Waals surface area (Å²) in [6, 6.07) is 18.4. The second-order valence-electron chi connectivity index (χ2n) is 7.74. The summed E-state index contributed by atoms with van der Waals surface area (Å²) in [4.78, 5) is 16.8. The van der Waals surface area contributed by atoms with Gasteiger partial charge >= 0.3 is 0 Å². The number of fused-ring (bicyclic) bond motifs is 2. The van der Waals surface area contributed by atoms with Crippen molar-refractivity contribution in [3.05, 3.63) is 84.9 Å². The molecule has 0 spiro atoms. The lowest BCUT2D eigenvalue weighted by Gasteiger charge is -2.13. The zero-order valence-electron chi connectivity index (χ0n) is 17.5.